The highest BCUT2D eigenvalue weighted by Crippen LogP contribution is 2.35. The Morgan fingerprint density at radius 3 is 2.48 bits per heavy atom. The maximum absolute atomic E-state index is 13.9. The second kappa shape index (κ2) is 14.1. The predicted octanol–water partition coefficient (Wildman–Crippen LogP) is 5.85. The molecule has 3 aromatic carbocycles. The minimum absolute atomic E-state index is 0.0802. The second-order valence-corrected chi connectivity index (χ2v) is 11.7. The molecule has 222 valence electrons. The molecule has 1 heterocycles. The molecule has 1 fully saturated rings. The van der Waals surface area contributed by atoms with Crippen LogP contribution in [-0.2, 0) is 22.7 Å². The van der Waals surface area contributed by atoms with Gasteiger partial charge in [-0.25, -0.2) is 0 Å². The Morgan fingerprint density at radius 1 is 0.952 bits per heavy atom. The summed E-state index contributed by atoms with van der Waals surface area (Å²) in [5.74, 6) is 1.12. The van der Waals surface area contributed by atoms with Gasteiger partial charge in [0, 0.05) is 70.2 Å². The van der Waals surface area contributed by atoms with Gasteiger partial charge in [0.15, 0.2) is 0 Å². The summed E-state index contributed by atoms with van der Waals surface area (Å²) >= 11 is 6.48. The van der Waals surface area contributed by atoms with Crippen LogP contribution in [0.5, 0.6) is 5.75 Å². The predicted molar refractivity (Wildman–Crippen MR) is 169 cm³/mol. The van der Waals surface area contributed by atoms with Gasteiger partial charge in [0.25, 0.3) is 0 Å². The van der Waals surface area contributed by atoms with Gasteiger partial charge in [-0.05, 0) is 54.7 Å². The number of methoxy groups -OCH3 is 1. The molecule has 0 unspecified atom stereocenters. The fourth-order valence-electron chi connectivity index (χ4n) is 5.63. The molecule has 1 aliphatic heterocycles. The van der Waals surface area contributed by atoms with E-state index in [0.29, 0.717) is 37.6 Å². The first kappa shape index (κ1) is 29.9. The maximum Gasteiger partial charge on any atom is 0.230 e. The number of amides is 2. The molecule has 1 aliphatic carbocycles. The number of rotatable bonds is 8. The molecule has 0 bridgehead atoms. The van der Waals surface area contributed by atoms with E-state index in [9.17, 15) is 9.59 Å². The number of anilines is 2. The van der Waals surface area contributed by atoms with E-state index in [4.69, 9.17) is 16.3 Å². The molecule has 3 aromatic rings. The van der Waals surface area contributed by atoms with Crippen LogP contribution in [0.4, 0.5) is 11.4 Å². The van der Waals surface area contributed by atoms with Crippen LogP contribution in [0.15, 0.2) is 72.8 Å². The molecule has 7 nitrogen and oxygen atoms in total. The van der Waals surface area contributed by atoms with E-state index in [-0.39, 0.29) is 17.7 Å². The van der Waals surface area contributed by atoms with Gasteiger partial charge in [0.05, 0.1) is 18.5 Å². The molecule has 8 heteroatoms. The molecule has 0 aromatic heterocycles. The van der Waals surface area contributed by atoms with Crippen molar-refractivity contribution in [3.8, 4) is 5.75 Å². The molecule has 42 heavy (non-hydrogen) atoms. The summed E-state index contributed by atoms with van der Waals surface area (Å²) in [6.07, 6.45) is 3.08. The van der Waals surface area contributed by atoms with E-state index in [1.165, 1.54) is 5.56 Å². The van der Waals surface area contributed by atoms with E-state index >= 15 is 0 Å². The summed E-state index contributed by atoms with van der Waals surface area (Å²) in [5.41, 5.74) is 3.98. The summed E-state index contributed by atoms with van der Waals surface area (Å²) in [6, 6.07) is 24.0. The minimum Gasteiger partial charge on any atom is -0.495 e. The number of halogens is 1. The number of hydrogen-bond donors (Lipinski definition) is 0. The number of fused-ring (bicyclic) bond motifs is 1. The van der Waals surface area contributed by atoms with Crippen molar-refractivity contribution in [2.45, 2.75) is 38.8 Å². The number of benzene rings is 3. The summed E-state index contributed by atoms with van der Waals surface area (Å²) in [7, 11) is 3.65. The molecular weight excluding hydrogens is 548 g/mol. The Labute approximate surface area is 254 Å². The van der Waals surface area contributed by atoms with Crippen molar-refractivity contribution in [3.05, 3.63) is 88.9 Å². The van der Waals surface area contributed by atoms with E-state index < -0.39 is 0 Å². The third-order valence-corrected chi connectivity index (χ3v) is 8.43. The quantitative estimate of drug-likeness (QED) is 0.330. The number of carbonyl (C=O) groups excluding carboxylic acids is 2. The van der Waals surface area contributed by atoms with Crippen LogP contribution < -0.4 is 14.5 Å². The van der Waals surface area contributed by atoms with Gasteiger partial charge in [-0.2, -0.15) is 0 Å². The van der Waals surface area contributed by atoms with Crippen molar-refractivity contribution in [3.63, 3.8) is 0 Å². The van der Waals surface area contributed by atoms with Gasteiger partial charge in [-0.3, -0.25) is 14.5 Å². The number of nitrogens with zero attached hydrogens (tertiary/aromatic N) is 4. The summed E-state index contributed by atoms with van der Waals surface area (Å²) in [4.78, 5) is 35.7. The highest BCUT2D eigenvalue weighted by atomic mass is 35.5. The Balaban J connectivity index is 1.39. The van der Waals surface area contributed by atoms with Crippen molar-refractivity contribution < 1.29 is 14.3 Å². The van der Waals surface area contributed by atoms with Crippen LogP contribution in [0.2, 0.25) is 5.02 Å². The average Bonchev–Trinajstić information content (AvgIpc) is 3.86. The molecule has 0 N–H and O–H groups in total. The first-order valence-corrected chi connectivity index (χ1v) is 15.3. The maximum atomic E-state index is 13.9. The van der Waals surface area contributed by atoms with Gasteiger partial charge in [0.1, 0.15) is 5.75 Å². The molecule has 0 atom stereocenters. The van der Waals surface area contributed by atoms with Crippen LogP contribution in [-0.4, -0.2) is 68.5 Å². The lowest BCUT2D eigenvalue weighted by atomic mass is 10.1. The molecule has 5 rings (SSSR count). The van der Waals surface area contributed by atoms with Gasteiger partial charge < -0.3 is 19.4 Å². The molecule has 2 aliphatic rings. The summed E-state index contributed by atoms with van der Waals surface area (Å²) in [6.45, 7) is 4.60. The van der Waals surface area contributed by atoms with Crippen LogP contribution in [0.3, 0.4) is 0 Å². The standard InChI is InChI=1S/C34H41ClN4O3/c1-36(30-11-6-7-12-32(30)42-2)20-17-33(40)38-22-21-37(24-26-9-4-3-5-10-26)18-8-19-39(34(41)27-13-14-27)31-23-29(35)16-15-28(31)25-38/h3-7,9-12,15-16,23,27H,8,13-14,17-22,24-25H2,1-2H3. The molecule has 0 saturated heterocycles. The zero-order valence-corrected chi connectivity index (χ0v) is 25.4. The topological polar surface area (TPSA) is 56.3 Å². The minimum atomic E-state index is 0.0802. The number of carbonyl (C=O) groups is 2. The Bertz CT molecular complexity index is 1360. The normalized spacial score (nSPS) is 16.4. The van der Waals surface area contributed by atoms with Crippen molar-refractivity contribution >= 4 is 34.8 Å². The van der Waals surface area contributed by atoms with Crippen LogP contribution in [0.25, 0.3) is 0 Å². The molecule has 1 saturated carbocycles. The lowest BCUT2D eigenvalue weighted by molar-refractivity contribution is -0.131. The van der Waals surface area contributed by atoms with Crippen molar-refractivity contribution in [2.24, 2.45) is 5.92 Å². The third kappa shape index (κ3) is 7.64. The first-order valence-electron chi connectivity index (χ1n) is 14.9. The van der Waals surface area contributed by atoms with E-state index in [1.807, 2.05) is 65.4 Å². The zero-order valence-electron chi connectivity index (χ0n) is 24.7. The number of ether oxygens (including phenoxy) is 1. The lowest BCUT2D eigenvalue weighted by Gasteiger charge is -2.29. The van der Waals surface area contributed by atoms with Gasteiger partial charge in [0.2, 0.25) is 11.8 Å². The highest BCUT2D eigenvalue weighted by molar-refractivity contribution is 6.31. The molecule has 2 amide bonds. The van der Waals surface area contributed by atoms with Crippen LogP contribution >= 0.6 is 11.6 Å². The van der Waals surface area contributed by atoms with Gasteiger partial charge in [-0.1, -0.05) is 60.1 Å². The fraction of sp³-hybridized carbons (Fsp3) is 0.412. The Morgan fingerprint density at radius 2 is 1.71 bits per heavy atom. The summed E-state index contributed by atoms with van der Waals surface area (Å²) in [5, 5.41) is 0.597. The average molecular weight is 589 g/mol. The second-order valence-electron chi connectivity index (χ2n) is 11.3. The van der Waals surface area contributed by atoms with Crippen LogP contribution in [0, 0.1) is 5.92 Å². The lowest BCUT2D eigenvalue weighted by Crippen LogP contribution is -2.39. The van der Waals surface area contributed by atoms with Crippen molar-refractivity contribution in [1.29, 1.82) is 0 Å². The highest BCUT2D eigenvalue weighted by Gasteiger charge is 2.35. The smallest absolute Gasteiger partial charge is 0.230 e. The fourth-order valence-corrected chi connectivity index (χ4v) is 5.80. The van der Waals surface area contributed by atoms with Gasteiger partial charge in [-0.15, -0.1) is 0 Å². The zero-order chi connectivity index (χ0) is 29.5. The number of para-hydroxylation sites is 2. The van der Waals surface area contributed by atoms with Crippen molar-refractivity contribution in [1.82, 2.24) is 9.80 Å². The Hall–Kier alpha value is -3.55. The monoisotopic (exact) mass is 588 g/mol. The van der Waals surface area contributed by atoms with Gasteiger partial charge >= 0.3 is 0 Å². The van der Waals surface area contributed by atoms with Crippen molar-refractivity contribution in [2.75, 3.05) is 56.7 Å². The first-order chi connectivity index (χ1) is 20.4. The van der Waals surface area contributed by atoms with E-state index in [1.54, 1.807) is 7.11 Å². The largest absolute Gasteiger partial charge is 0.495 e. The summed E-state index contributed by atoms with van der Waals surface area (Å²) < 4.78 is 5.53. The molecule has 0 spiro atoms. The molecule has 0 radical (unpaired) electrons. The third-order valence-electron chi connectivity index (χ3n) is 8.19. The van der Waals surface area contributed by atoms with E-state index in [2.05, 4.69) is 34.1 Å². The Kier molecular flexibility index (Phi) is 10.0. The van der Waals surface area contributed by atoms with E-state index in [0.717, 1.165) is 61.6 Å². The molecular formula is C34H41ClN4O3. The SMILES string of the molecule is COc1ccccc1N(C)CCC(=O)N1CCN(Cc2ccccc2)CCCN(C(=O)C2CC2)c2cc(Cl)ccc2C1. The number of hydrogen-bond acceptors (Lipinski definition) is 5. The van der Waals surface area contributed by atoms with Crippen LogP contribution in [0.1, 0.15) is 36.8 Å².